The first-order valence-electron chi connectivity index (χ1n) is 4.93. The first-order valence-corrected chi connectivity index (χ1v) is 4.93. The molecule has 7 heteroatoms. The van der Waals surface area contributed by atoms with Crippen molar-refractivity contribution >= 4 is 0 Å². The van der Waals surface area contributed by atoms with Crippen LogP contribution in [-0.2, 0) is 11.3 Å². The van der Waals surface area contributed by atoms with Gasteiger partial charge in [0, 0.05) is 6.54 Å². The summed E-state index contributed by atoms with van der Waals surface area (Å²) < 4.78 is 44.6. The minimum absolute atomic E-state index is 0.0414. The standard InChI is InChI=1S/C10H13F3N2O2/c11-10(12,13)7-16-3-4-17-9-2-1-8(5-14)15-6-9/h1-2,6H,3-5,7,14H2. The van der Waals surface area contributed by atoms with E-state index in [1.807, 2.05) is 0 Å². The van der Waals surface area contributed by atoms with Gasteiger partial charge in [0.2, 0.25) is 0 Å². The molecule has 0 spiro atoms. The highest BCUT2D eigenvalue weighted by Gasteiger charge is 2.27. The molecule has 0 unspecified atom stereocenters. The Balaban J connectivity index is 2.18. The predicted octanol–water partition coefficient (Wildman–Crippen LogP) is 1.50. The molecule has 0 saturated carbocycles. The summed E-state index contributed by atoms with van der Waals surface area (Å²) in [5.74, 6) is 0.470. The van der Waals surface area contributed by atoms with Crippen LogP contribution in [0.5, 0.6) is 5.75 Å². The van der Waals surface area contributed by atoms with Gasteiger partial charge < -0.3 is 15.2 Å². The average Bonchev–Trinajstić information content (AvgIpc) is 2.28. The summed E-state index contributed by atoms with van der Waals surface area (Å²) in [5, 5.41) is 0. The fourth-order valence-corrected chi connectivity index (χ4v) is 1.02. The highest BCUT2D eigenvalue weighted by molar-refractivity contribution is 5.19. The quantitative estimate of drug-likeness (QED) is 0.777. The smallest absolute Gasteiger partial charge is 0.411 e. The molecule has 2 N–H and O–H groups in total. The monoisotopic (exact) mass is 250 g/mol. The van der Waals surface area contributed by atoms with Crippen LogP contribution in [0.3, 0.4) is 0 Å². The van der Waals surface area contributed by atoms with E-state index in [9.17, 15) is 13.2 Å². The molecule has 17 heavy (non-hydrogen) atoms. The Hall–Kier alpha value is -1.34. The van der Waals surface area contributed by atoms with Gasteiger partial charge in [0.25, 0.3) is 0 Å². The van der Waals surface area contributed by atoms with Crippen LogP contribution < -0.4 is 10.5 Å². The van der Waals surface area contributed by atoms with Crippen LogP contribution in [0.25, 0.3) is 0 Å². The Labute approximate surface area is 96.5 Å². The number of rotatable bonds is 6. The van der Waals surface area contributed by atoms with Gasteiger partial charge >= 0.3 is 6.18 Å². The molecule has 1 aromatic rings. The molecule has 0 saturated heterocycles. The SMILES string of the molecule is NCc1ccc(OCCOCC(F)(F)F)cn1. The summed E-state index contributed by atoms with van der Waals surface area (Å²) in [4.78, 5) is 3.96. The third-order valence-electron chi connectivity index (χ3n) is 1.77. The van der Waals surface area contributed by atoms with Crippen molar-refractivity contribution in [2.75, 3.05) is 19.8 Å². The molecule has 0 radical (unpaired) electrons. The number of pyridine rings is 1. The Morgan fingerprint density at radius 1 is 1.24 bits per heavy atom. The Morgan fingerprint density at radius 2 is 2.00 bits per heavy atom. The fourth-order valence-electron chi connectivity index (χ4n) is 1.02. The normalized spacial score (nSPS) is 11.5. The van der Waals surface area contributed by atoms with Crippen LogP contribution in [0.1, 0.15) is 5.69 Å². The number of hydrogen-bond donors (Lipinski definition) is 1. The second kappa shape index (κ2) is 6.41. The largest absolute Gasteiger partial charge is 0.490 e. The first-order chi connectivity index (χ1) is 8.01. The van der Waals surface area contributed by atoms with Crippen molar-refractivity contribution < 1.29 is 22.6 Å². The van der Waals surface area contributed by atoms with Crippen molar-refractivity contribution in [3.05, 3.63) is 24.0 Å². The molecule has 0 atom stereocenters. The summed E-state index contributed by atoms with van der Waals surface area (Å²) in [6, 6.07) is 3.34. The number of ether oxygens (including phenoxy) is 2. The van der Waals surface area contributed by atoms with Gasteiger partial charge in [-0.25, -0.2) is 0 Å². The van der Waals surface area contributed by atoms with Crippen molar-refractivity contribution in [2.45, 2.75) is 12.7 Å². The van der Waals surface area contributed by atoms with Gasteiger partial charge in [0.05, 0.1) is 18.5 Å². The van der Waals surface area contributed by atoms with Crippen molar-refractivity contribution in [1.29, 1.82) is 0 Å². The van der Waals surface area contributed by atoms with Crippen LogP contribution in [0.15, 0.2) is 18.3 Å². The van der Waals surface area contributed by atoms with E-state index >= 15 is 0 Å². The number of halogens is 3. The van der Waals surface area contributed by atoms with Gasteiger partial charge in [-0.1, -0.05) is 0 Å². The third-order valence-corrected chi connectivity index (χ3v) is 1.77. The molecule has 96 valence electrons. The number of aromatic nitrogens is 1. The van der Waals surface area contributed by atoms with Crippen LogP contribution in [0, 0.1) is 0 Å². The molecule has 0 fully saturated rings. The van der Waals surface area contributed by atoms with E-state index in [0.29, 0.717) is 18.0 Å². The summed E-state index contributed by atoms with van der Waals surface area (Å²) in [5.41, 5.74) is 6.06. The molecule has 0 aliphatic carbocycles. The van der Waals surface area contributed by atoms with Gasteiger partial charge in [0.1, 0.15) is 19.0 Å². The van der Waals surface area contributed by atoms with Crippen molar-refractivity contribution in [2.24, 2.45) is 5.73 Å². The van der Waals surface area contributed by atoms with Crippen molar-refractivity contribution in [3.63, 3.8) is 0 Å². The van der Waals surface area contributed by atoms with E-state index in [2.05, 4.69) is 9.72 Å². The minimum atomic E-state index is -4.30. The molecule has 0 aliphatic heterocycles. The van der Waals surface area contributed by atoms with Crippen molar-refractivity contribution in [3.8, 4) is 5.75 Å². The van der Waals surface area contributed by atoms with E-state index in [-0.39, 0.29) is 13.2 Å². The third kappa shape index (κ3) is 6.08. The van der Waals surface area contributed by atoms with E-state index in [1.165, 1.54) is 6.20 Å². The molecule has 0 bridgehead atoms. The van der Waals surface area contributed by atoms with Crippen LogP contribution >= 0.6 is 0 Å². The maximum atomic E-state index is 11.7. The molecule has 1 rings (SSSR count). The summed E-state index contributed by atoms with van der Waals surface area (Å²) >= 11 is 0. The number of nitrogens with zero attached hydrogens (tertiary/aromatic N) is 1. The zero-order chi connectivity index (χ0) is 12.7. The Morgan fingerprint density at radius 3 is 2.53 bits per heavy atom. The van der Waals surface area contributed by atoms with Crippen molar-refractivity contribution in [1.82, 2.24) is 4.98 Å². The molecule has 1 heterocycles. The zero-order valence-corrected chi connectivity index (χ0v) is 9.04. The van der Waals surface area contributed by atoms with E-state index in [1.54, 1.807) is 12.1 Å². The summed E-state index contributed by atoms with van der Waals surface area (Å²) in [6.45, 7) is -1.02. The lowest BCUT2D eigenvalue weighted by Crippen LogP contribution is -2.19. The topological polar surface area (TPSA) is 57.4 Å². The molecule has 0 aliphatic rings. The van der Waals surface area contributed by atoms with Crippen LogP contribution in [0.2, 0.25) is 0 Å². The predicted molar refractivity (Wildman–Crippen MR) is 54.5 cm³/mol. The highest BCUT2D eigenvalue weighted by Crippen LogP contribution is 2.14. The van der Waals surface area contributed by atoms with Gasteiger partial charge in [0.15, 0.2) is 0 Å². The van der Waals surface area contributed by atoms with Gasteiger partial charge in [-0.05, 0) is 12.1 Å². The van der Waals surface area contributed by atoms with Gasteiger partial charge in [-0.2, -0.15) is 13.2 Å². The lowest BCUT2D eigenvalue weighted by molar-refractivity contribution is -0.175. The second-order valence-corrected chi connectivity index (χ2v) is 3.21. The molecule has 1 aromatic heterocycles. The Kier molecular flexibility index (Phi) is 5.17. The molecular weight excluding hydrogens is 237 g/mol. The summed E-state index contributed by atoms with van der Waals surface area (Å²) in [7, 11) is 0. The van der Waals surface area contributed by atoms with Crippen LogP contribution in [-0.4, -0.2) is 31.0 Å². The second-order valence-electron chi connectivity index (χ2n) is 3.21. The van der Waals surface area contributed by atoms with Gasteiger partial charge in [-0.3, -0.25) is 4.98 Å². The molecule has 0 amide bonds. The maximum Gasteiger partial charge on any atom is 0.411 e. The van der Waals surface area contributed by atoms with E-state index < -0.39 is 12.8 Å². The fraction of sp³-hybridized carbons (Fsp3) is 0.500. The molecule has 4 nitrogen and oxygen atoms in total. The lowest BCUT2D eigenvalue weighted by Gasteiger charge is -2.08. The first kappa shape index (κ1) is 13.7. The lowest BCUT2D eigenvalue weighted by atomic mass is 10.3. The zero-order valence-electron chi connectivity index (χ0n) is 9.04. The highest BCUT2D eigenvalue weighted by atomic mass is 19.4. The number of hydrogen-bond acceptors (Lipinski definition) is 4. The number of alkyl halides is 3. The Bertz CT molecular complexity index is 327. The van der Waals surface area contributed by atoms with E-state index in [0.717, 1.165) is 0 Å². The molecule has 0 aromatic carbocycles. The molecular formula is C10H13F3N2O2. The average molecular weight is 250 g/mol. The van der Waals surface area contributed by atoms with Gasteiger partial charge in [-0.15, -0.1) is 0 Å². The van der Waals surface area contributed by atoms with Crippen LogP contribution in [0.4, 0.5) is 13.2 Å². The minimum Gasteiger partial charge on any atom is -0.490 e. The summed E-state index contributed by atoms with van der Waals surface area (Å²) in [6.07, 6.45) is -2.84. The van der Waals surface area contributed by atoms with E-state index in [4.69, 9.17) is 10.5 Å². The number of nitrogens with two attached hydrogens (primary N) is 1. The maximum absolute atomic E-state index is 11.7.